The van der Waals surface area contributed by atoms with Gasteiger partial charge in [-0.25, -0.2) is 4.79 Å². The van der Waals surface area contributed by atoms with Gasteiger partial charge in [0.1, 0.15) is 0 Å². The summed E-state index contributed by atoms with van der Waals surface area (Å²) in [5, 5.41) is 19.1. The molecule has 1 heterocycles. The third-order valence-corrected chi connectivity index (χ3v) is 2.25. The first-order valence-corrected chi connectivity index (χ1v) is 5.15. The van der Waals surface area contributed by atoms with Crippen molar-refractivity contribution in [3.05, 3.63) is 37.1 Å². The van der Waals surface area contributed by atoms with Gasteiger partial charge in [-0.15, -0.1) is 0 Å². The van der Waals surface area contributed by atoms with Crippen LogP contribution in [0.15, 0.2) is 15.8 Å². The van der Waals surface area contributed by atoms with Gasteiger partial charge < -0.3 is 5.11 Å². The molecule has 17 heavy (non-hydrogen) atoms. The highest BCUT2D eigenvalue weighted by molar-refractivity contribution is 5.20. The molecule has 0 aliphatic carbocycles. The van der Waals surface area contributed by atoms with Gasteiger partial charge >= 0.3 is 16.9 Å². The number of aliphatic hydroxyl groups is 1. The average Bonchev–Trinajstić information content (AvgIpc) is 2.26. The Morgan fingerprint density at radius 2 is 2.06 bits per heavy atom. The lowest BCUT2D eigenvalue weighted by molar-refractivity contribution is -0.386. The summed E-state index contributed by atoms with van der Waals surface area (Å²) in [7, 11) is 0. The molecule has 0 amide bonds. The quantitative estimate of drug-likeness (QED) is 0.400. The van der Waals surface area contributed by atoms with Crippen LogP contribution in [0.4, 0.5) is 5.69 Å². The van der Waals surface area contributed by atoms with Crippen molar-refractivity contribution in [2.75, 3.05) is 6.61 Å². The maximum atomic E-state index is 11.3. The maximum Gasteiger partial charge on any atom is 0.350 e. The van der Waals surface area contributed by atoms with E-state index in [0.717, 1.165) is 10.8 Å². The van der Waals surface area contributed by atoms with E-state index in [1.54, 1.807) is 0 Å². The van der Waals surface area contributed by atoms with E-state index in [-0.39, 0.29) is 13.2 Å². The third-order valence-electron chi connectivity index (χ3n) is 2.25. The van der Waals surface area contributed by atoms with Crippen molar-refractivity contribution < 1.29 is 10.0 Å². The van der Waals surface area contributed by atoms with Crippen molar-refractivity contribution >= 4 is 5.69 Å². The second kappa shape index (κ2) is 5.94. The number of H-pyrrole nitrogens is 1. The van der Waals surface area contributed by atoms with E-state index < -0.39 is 21.9 Å². The van der Waals surface area contributed by atoms with Gasteiger partial charge in [0.05, 0.1) is 11.1 Å². The number of aliphatic hydroxyl groups excluding tert-OH is 1. The molecule has 0 saturated heterocycles. The van der Waals surface area contributed by atoms with Crippen LogP contribution in [0.5, 0.6) is 0 Å². The molecular weight excluding hydrogens is 230 g/mol. The Hall–Kier alpha value is -1.96. The van der Waals surface area contributed by atoms with Gasteiger partial charge in [0.2, 0.25) is 0 Å². The van der Waals surface area contributed by atoms with Gasteiger partial charge in [-0.1, -0.05) is 0 Å². The molecule has 0 radical (unpaired) electrons. The summed E-state index contributed by atoms with van der Waals surface area (Å²) in [6.45, 7) is 0.344. The molecule has 0 aliphatic rings. The number of unbranched alkanes of at least 4 members (excludes halogenated alkanes) is 2. The van der Waals surface area contributed by atoms with E-state index in [9.17, 15) is 19.7 Å². The Bertz CT molecular complexity index is 504. The molecule has 0 unspecified atom stereocenters. The summed E-state index contributed by atoms with van der Waals surface area (Å²) < 4.78 is 1.09. The largest absolute Gasteiger partial charge is 0.396 e. The van der Waals surface area contributed by atoms with Crippen LogP contribution in [0.3, 0.4) is 0 Å². The number of aromatic nitrogens is 2. The molecule has 8 heteroatoms. The number of aromatic amines is 1. The van der Waals surface area contributed by atoms with E-state index >= 15 is 0 Å². The molecule has 0 aliphatic heterocycles. The Morgan fingerprint density at radius 1 is 1.35 bits per heavy atom. The molecule has 1 rings (SSSR count). The molecule has 0 saturated carbocycles. The number of rotatable bonds is 6. The van der Waals surface area contributed by atoms with Crippen LogP contribution in [0, 0.1) is 10.1 Å². The summed E-state index contributed by atoms with van der Waals surface area (Å²) in [5.41, 5.74) is -2.30. The highest BCUT2D eigenvalue weighted by Gasteiger charge is 2.14. The minimum Gasteiger partial charge on any atom is -0.396 e. The van der Waals surface area contributed by atoms with Crippen molar-refractivity contribution in [3.8, 4) is 0 Å². The predicted molar refractivity (Wildman–Crippen MR) is 58.9 cm³/mol. The molecule has 0 spiro atoms. The van der Waals surface area contributed by atoms with Crippen LogP contribution < -0.4 is 11.2 Å². The van der Waals surface area contributed by atoms with Crippen molar-refractivity contribution in [2.24, 2.45) is 0 Å². The lowest BCUT2D eigenvalue weighted by atomic mass is 10.2. The van der Waals surface area contributed by atoms with E-state index in [0.29, 0.717) is 19.3 Å². The van der Waals surface area contributed by atoms with E-state index in [4.69, 9.17) is 5.11 Å². The zero-order valence-electron chi connectivity index (χ0n) is 9.09. The van der Waals surface area contributed by atoms with Gasteiger partial charge in [0, 0.05) is 13.2 Å². The normalized spacial score (nSPS) is 10.4. The molecule has 0 atom stereocenters. The topological polar surface area (TPSA) is 118 Å². The van der Waals surface area contributed by atoms with E-state index in [1.807, 2.05) is 4.98 Å². The van der Waals surface area contributed by atoms with Crippen LogP contribution in [-0.4, -0.2) is 26.2 Å². The van der Waals surface area contributed by atoms with Gasteiger partial charge in [-0.05, 0) is 19.3 Å². The zero-order chi connectivity index (χ0) is 12.8. The average molecular weight is 243 g/mol. The highest BCUT2D eigenvalue weighted by Crippen LogP contribution is 2.01. The number of nitro groups is 1. The van der Waals surface area contributed by atoms with Crippen LogP contribution >= 0.6 is 0 Å². The minimum absolute atomic E-state index is 0.0701. The van der Waals surface area contributed by atoms with Crippen molar-refractivity contribution in [1.82, 2.24) is 9.55 Å². The maximum absolute atomic E-state index is 11.3. The summed E-state index contributed by atoms with van der Waals surface area (Å²) in [5.74, 6) is 0. The zero-order valence-corrected chi connectivity index (χ0v) is 9.09. The molecule has 2 N–H and O–H groups in total. The lowest BCUT2D eigenvalue weighted by Gasteiger charge is -2.03. The fraction of sp³-hybridized carbons (Fsp3) is 0.556. The molecule has 0 fully saturated rings. The number of nitrogens with zero attached hydrogens (tertiary/aromatic N) is 2. The highest BCUT2D eigenvalue weighted by atomic mass is 16.6. The monoisotopic (exact) mass is 243 g/mol. The third kappa shape index (κ3) is 3.52. The smallest absolute Gasteiger partial charge is 0.350 e. The molecule has 0 aromatic carbocycles. The number of aryl methyl sites for hydroxylation is 1. The van der Waals surface area contributed by atoms with E-state index in [2.05, 4.69) is 0 Å². The Morgan fingerprint density at radius 3 is 2.65 bits per heavy atom. The Labute approximate surface area is 95.7 Å². The fourth-order valence-corrected chi connectivity index (χ4v) is 1.36. The van der Waals surface area contributed by atoms with Gasteiger partial charge in [-0.3, -0.25) is 24.5 Å². The first-order chi connectivity index (χ1) is 8.06. The molecule has 94 valence electrons. The van der Waals surface area contributed by atoms with Crippen molar-refractivity contribution in [1.29, 1.82) is 0 Å². The molecule has 0 bridgehead atoms. The fourth-order valence-electron chi connectivity index (χ4n) is 1.36. The van der Waals surface area contributed by atoms with Crippen LogP contribution in [0.25, 0.3) is 0 Å². The van der Waals surface area contributed by atoms with Crippen molar-refractivity contribution in [2.45, 2.75) is 25.8 Å². The van der Waals surface area contributed by atoms with Gasteiger partial charge in [0.15, 0.2) is 0 Å². The molecule has 1 aromatic rings. The summed E-state index contributed by atoms with van der Waals surface area (Å²) in [6.07, 6.45) is 2.86. The van der Waals surface area contributed by atoms with Crippen molar-refractivity contribution in [3.63, 3.8) is 0 Å². The van der Waals surface area contributed by atoms with Crippen LogP contribution in [0.1, 0.15) is 19.3 Å². The second-order valence-corrected chi connectivity index (χ2v) is 3.51. The predicted octanol–water partition coefficient (Wildman–Crippen LogP) is -0.393. The second-order valence-electron chi connectivity index (χ2n) is 3.51. The van der Waals surface area contributed by atoms with Crippen LogP contribution in [0.2, 0.25) is 0 Å². The Balaban J connectivity index is 2.85. The molecule has 8 nitrogen and oxygen atoms in total. The SMILES string of the molecule is O=c1[nH]c(=O)n(CCCCCO)cc1[N+](=O)[O-]. The summed E-state index contributed by atoms with van der Waals surface area (Å²) in [6, 6.07) is 0. The standard InChI is InChI=1S/C9H13N3O5/c13-5-3-1-2-4-11-6-7(12(16)17)8(14)10-9(11)15/h6,13H,1-5H2,(H,10,14,15). The molecule has 1 aromatic heterocycles. The number of hydrogen-bond donors (Lipinski definition) is 2. The summed E-state index contributed by atoms with van der Waals surface area (Å²) in [4.78, 5) is 33.9. The van der Waals surface area contributed by atoms with Gasteiger partial charge in [0.25, 0.3) is 0 Å². The molecular formula is C9H13N3O5. The number of hydrogen-bond acceptors (Lipinski definition) is 5. The first-order valence-electron chi connectivity index (χ1n) is 5.15. The van der Waals surface area contributed by atoms with Crippen LogP contribution in [-0.2, 0) is 6.54 Å². The van der Waals surface area contributed by atoms with Gasteiger partial charge in [-0.2, -0.15) is 0 Å². The van der Waals surface area contributed by atoms with E-state index in [1.165, 1.54) is 0 Å². The number of nitrogens with one attached hydrogen (secondary N) is 1. The summed E-state index contributed by atoms with van der Waals surface area (Å²) >= 11 is 0. The lowest BCUT2D eigenvalue weighted by Crippen LogP contribution is -2.30. The first kappa shape index (κ1) is 13.1. The minimum atomic E-state index is -0.994. The Kier molecular flexibility index (Phi) is 4.58.